The van der Waals surface area contributed by atoms with E-state index in [0.717, 1.165) is 11.1 Å². The lowest BCUT2D eigenvalue weighted by Gasteiger charge is -2.08. The summed E-state index contributed by atoms with van der Waals surface area (Å²) >= 11 is 0. The highest BCUT2D eigenvalue weighted by atomic mass is 16.3. The molecule has 0 aliphatic rings. The van der Waals surface area contributed by atoms with Crippen LogP contribution in [0.1, 0.15) is 28.4 Å². The fourth-order valence-corrected chi connectivity index (χ4v) is 1.98. The minimum atomic E-state index is -1.22. The van der Waals surface area contributed by atoms with E-state index in [1.165, 1.54) is 5.56 Å². The average Bonchev–Trinajstić information content (AvgIpc) is 2.49. The van der Waals surface area contributed by atoms with Crippen LogP contribution >= 0.6 is 0 Å². The van der Waals surface area contributed by atoms with Gasteiger partial charge < -0.3 is 5.11 Å². The molecule has 21 heavy (non-hydrogen) atoms. The van der Waals surface area contributed by atoms with Gasteiger partial charge in [-0.25, -0.2) is 5.43 Å². The first-order valence-corrected chi connectivity index (χ1v) is 6.71. The first-order valence-electron chi connectivity index (χ1n) is 6.71. The lowest BCUT2D eigenvalue weighted by atomic mass is 10.1. The van der Waals surface area contributed by atoms with Crippen LogP contribution in [0.3, 0.4) is 0 Å². The number of amides is 1. The standard InChI is InChI=1S/C17H18N2O2/c1-12-8-9-15(13(2)10-12)11-18-19-17(21)16(20)14-6-4-3-5-7-14/h3-11,16,20H,1-2H3,(H,19,21). The number of nitrogens with one attached hydrogen (secondary N) is 1. The zero-order valence-corrected chi connectivity index (χ0v) is 12.1. The van der Waals surface area contributed by atoms with Gasteiger partial charge in [0, 0.05) is 0 Å². The van der Waals surface area contributed by atoms with Crippen molar-refractivity contribution in [3.05, 3.63) is 70.8 Å². The second-order valence-corrected chi connectivity index (χ2v) is 4.91. The maximum Gasteiger partial charge on any atom is 0.273 e. The lowest BCUT2D eigenvalue weighted by Crippen LogP contribution is -2.25. The highest BCUT2D eigenvalue weighted by Crippen LogP contribution is 2.12. The summed E-state index contributed by atoms with van der Waals surface area (Å²) < 4.78 is 0. The summed E-state index contributed by atoms with van der Waals surface area (Å²) in [5, 5.41) is 13.8. The predicted octanol–water partition coefficient (Wildman–Crippen LogP) is 2.49. The third-order valence-electron chi connectivity index (χ3n) is 3.17. The van der Waals surface area contributed by atoms with Crippen molar-refractivity contribution in [2.75, 3.05) is 0 Å². The van der Waals surface area contributed by atoms with Crippen LogP contribution in [0.15, 0.2) is 53.6 Å². The van der Waals surface area contributed by atoms with Gasteiger partial charge in [0.2, 0.25) is 0 Å². The number of hydrogen-bond donors (Lipinski definition) is 2. The van der Waals surface area contributed by atoms with Crippen LogP contribution in [0, 0.1) is 13.8 Å². The van der Waals surface area contributed by atoms with E-state index in [0.29, 0.717) is 5.56 Å². The Hall–Kier alpha value is -2.46. The van der Waals surface area contributed by atoms with E-state index in [1.807, 2.05) is 38.1 Å². The molecule has 2 rings (SSSR count). The van der Waals surface area contributed by atoms with Crippen LogP contribution in [-0.4, -0.2) is 17.2 Å². The Bertz CT molecular complexity index is 651. The Labute approximate surface area is 124 Å². The monoisotopic (exact) mass is 282 g/mol. The van der Waals surface area contributed by atoms with Gasteiger partial charge in [-0.1, -0.05) is 54.1 Å². The Morgan fingerprint density at radius 2 is 1.90 bits per heavy atom. The molecule has 4 heteroatoms. The van der Waals surface area contributed by atoms with Crippen LogP contribution < -0.4 is 5.43 Å². The summed E-state index contributed by atoms with van der Waals surface area (Å²) in [6.45, 7) is 4.00. The van der Waals surface area contributed by atoms with Gasteiger partial charge >= 0.3 is 0 Å². The van der Waals surface area contributed by atoms with Crippen molar-refractivity contribution < 1.29 is 9.90 Å². The number of hydrogen-bond acceptors (Lipinski definition) is 3. The number of carbonyl (C=O) groups excluding carboxylic acids is 1. The minimum Gasteiger partial charge on any atom is -0.378 e. The van der Waals surface area contributed by atoms with Gasteiger partial charge in [0.05, 0.1) is 6.21 Å². The van der Waals surface area contributed by atoms with Crippen LogP contribution in [0.25, 0.3) is 0 Å². The number of hydrazone groups is 1. The molecule has 2 aromatic rings. The lowest BCUT2D eigenvalue weighted by molar-refractivity contribution is -0.129. The van der Waals surface area contributed by atoms with Crippen molar-refractivity contribution >= 4 is 12.1 Å². The Balaban J connectivity index is 1.99. The molecule has 0 fully saturated rings. The summed E-state index contributed by atoms with van der Waals surface area (Å²) in [4.78, 5) is 11.8. The number of aliphatic hydroxyl groups excluding tert-OH is 1. The second-order valence-electron chi connectivity index (χ2n) is 4.91. The summed E-state index contributed by atoms with van der Waals surface area (Å²) in [7, 11) is 0. The van der Waals surface area contributed by atoms with Crippen LogP contribution in [0.4, 0.5) is 0 Å². The Morgan fingerprint density at radius 1 is 1.19 bits per heavy atom. The van der Waals surface area contributed by atoms with Crippen LogP contribution in [-0.2, 0) is 4.79 Å². The van der Waals surface area contributed by atoms with Crippen molar-refractivity contribution in [1.29, 1.82) is 0 Å². The molecule has 1 amide bonds. The molecule has 0 saturated carbocycles. The number of carbonyl (C=O) groups is 1. The van der Waals surface area contributed by atoms with E-state index in [4.69, 9.17) is 0 Å². The van der Waals surface area contributed by atoms with E-state index in [9.17, 15) is 9.90 Å². The van der Waals surface area contributed by atoms with Crippen LogP contribution in [0.5, 0.6) is 0 Å². The van der Waals surface area contributed by atoms with Gasteiger partial charge in [-0.05, 0) is 30.5 Å². The quantitative estimate of drug-likeness (QED) is 0.668. The minimum absolute atomic E-state index is 0.539. The number of rotatable bonds is 4. The summed E-state index contributed by atoms with van der Waals surface area (Å²) in [5.74, 6) is -0.554. The molecule has 2 N–H and O–H groups in total. The molecule has 1 unspecified atom stereocenters. The maximum atomic E-state index is 11.8. The molecule has 0 aliphatic heterocycles. The SMILES string of the molecule is Cc1ccc(C=NNC(=O)C(O)c2ccccc2)c(C)c1. The van der Waals surface area contributed by atoms with Gasteiger partial charge in [-0.15, -0.1) is 0 Å². The summed E-state index contributed by atoms with van der Waals surface area (Å²) in [6, 6.07) is 14.7. The third kappa shape index (κ3) is 4.00. The first kappa shape index (κ1) is 14.9. The zero-order chi connectivity index (χ0) is 15.2. The smallest absolute Gasteiger partial charge is 0.273 e. The van der Waals surface area contributed by atoms with Gasteiger partial charge in [0.25, 0.3) is 5.91 Å². The Morgan fingerprint density at radius 3 is 2.57 bits per heavy atom. The van der Waals surface area contributed by atoms with E-state index in [-0.39, 0.29) is 0 Å². The number of nitrogens with zero attached hydrogens (tertiary/aromatic N) is 1. The van der Waals surface area contributed by atoms with Gasteiger partial charge in [0.15, 0.2) is 6.10 Å². The molecule has 1 atom stereocenters. The third-order valence-corrected chi connectivity index (χ3v) is 3.17. The molecule has 0 bridgehead atoms. The highest BCUT2D eigenvalue weighted by Gasteiger charge is 2.15. The number of aryl methyl sites for hydroxylation is 2. The molecular weight excluding hydrogens is 264 g/mol. The van der Waals surface area contributed by atoms with E-state index < -0.39 is 12.0 Å². The molecule has 108 valence electrons. The highest BCUT2D eigenvalue weighted by molar-refractivity contribution is 5.85. The topological polar surface area (TPSA) is 61.7 Å². The molecule has 0 spiro atoms. The largest absolute Gasteiger partial charge is 0.378 e. The average molecular weight is 282 g/mol. The Kier molecular flexibility index (Phi) is 4.85. The van der Waals surface area contributed by atoms with Gasteiger partial charge in [-0.3, -0.25) is 4.79 Å². The maximum absolute atomic E-state index is 11.8. The molecule has 0 heterocycles. The molecule has 0 aliphatic carbocycles. The molecular formula is C17H18N2O2. The molecule has 0 aromatic heterocycles. The van der Waals surface area contributed by atoms with Crippen molar-refractivity contribution in [2.45, 2.75) is 20.0 Å². The van der Waals surface area contributed by atoms with Crippen molar-refractivity contribution in [1.82, 2.24) is 5.43 Å². The summed E-state index contributed by atoms with van der Waals surface area (Å²) in [6.07, 6.45) is 0.354. The fraction of sp³-hybridized carbons (Fsp3) is 0.176. The second kappa shape index (κ2) is 6.81. The van der Waals surface area contributed by atoms with E-state index >= 15 is 0 Å². The van der Waals surface area contributed by atoms with Crippen LogP contribution in [0.2, 0.25) is 0 Å². The van der Waals surface area contributed by atoms with E-state index in [2.05, 4.69) is 10.5 Å². The van der Waals surface area contributed by atoms with Gasteiger partial charge in [-0.2, -0.15) is 5.10 Å². The predicted molar refractivity (Wildman–Crippen MR) is 83.1 cm³/mol. The molecule has 4 nitrogen and oxygen atoms in total. The van der Waals surface area contributed by atoms with E-state index in [1.54, 1.807) is 30.5 Å². The normalized spacial score (nSPS) is 12.3. The number of aliphatic hydroxyl groups is 1. The summed E-state index contributed by atoms with van der Waals surface area (Å²) in [5.41, 5.74) is 6.07. The molecule has 0 saturated heterocycles. The molecule has 2 aromatic carbocycles. The van der Waals surface area contributed by atoms with Gasteiger partial charge in [0.1, 0.15) is 0 Å². The fourth-order valence-electron chi connectivity index (χ4n) is 1.98. The number of benzene rings is 2. The van der Waals surface area contributed by atoms with Crippen molar-refractivity contribution in [3.8, 4) is 0 Å². The zero-order valence-electron chi connectivity index (χ0n) is 12.1. The molecule has 0 radical (unpaired) electrons. The van der Waals surface area contributed by atoms with Crippen molar-refractivity contribution in [3.63, 3.8) is 0 Å². The first-order chi connectivity index (χ1) is 10.1. The van der Waals surface area contributed by atoms with Crippen molar-refractivity contribution in [2.24, 2.45) is 5.10 Å².